The van der Waals surface area contributed by atoms with Crippen molar-refractivity contribution in [3.63, 3.8) is 0 Å². The van der Waals surface area contributed by atoms with Gasteiger partial charge in [0.25, 0.3) is 0 Å². The first-order valence-electron chi connectivity index (χ1n) is 3.97. The summed E-state index contributed by atoms with van der Waals surface area (Å²) in [5.74, 6) is 0. The zero-order chi connectivity index (χ0) is 7.73. The number of hydrogen-bond acceptors (Lipinski definition) is 2. The molecular weight excluding hydrogens is 140 g/mol. The molecule has 0 amide bonds. The number of aliphatic hydroxyl groups excluding tert-OH is 1. The molecule has 0 aliphatic heterocycles. The van der Waals surface area contributed by atoms with Gasteiger partial charge in [-0.25, -0.2) is 4.98 Å². The van der Waals surface area contributed by atoms with Gasteiger partial charge in [0.2, 0.25) is 0 Å². The topological polar surface area (TPSA) is 48.9 Å². The Labute approximate surface area is 65.5 Å². The van der Waals surface area contributed by atoms with Gasteiger partial charge >= 0.3 is 0 Å². The van der Waals surface area contributed by atoms with E-state index in [1.54, 1.807) is 6.33 Å². The number of rotatable bonds is 2. The Bertz CT molecular complexity index is 221. The van der Waals surface area contributed by atoms with E-state index in [0.29, 0.717) is 0 Å². The smallest absolute Gasteiger partial charge is 0.0921 e. The number of H-pyrrole nitrogens is 1. The van der Waals surface area contributed by atoms with Crippen molar-refractivity contribution < 1.29 is 5.11 Å². The van der Waals surface area contributed by atoms with Crippen molar-refractivity contribution in [1.29, 1.82) is 0 Å². The number of aliphatic hydroxyl groups is 1. The molecule has 1 aromatic heterocycles. The third-order valence-corrected chi connectivity index (χ3v) is 2.68. The van der Waals surface area contributed by atoms with E-state index in [9.17, 15) is 0 Å². The molecule has 2 N–H and O–H groups in total. The zero-order valence-electron chi connectivity index (χ0n) is 6.38. The fourth-order valence-electron chi connectivity index (χ4n) is 1.66. The van der Waals surface area contributed by atoms with Crippen molar-refractivity contribution in [1.82, 2.24) is 9.97 Å². The molecule has 0 atom stereocenters. The average molecular weight is 152 g/mol. The van der Waals surface area contributed by atoms with Gasteiger partial charge in [0.1, 0.15) is 0 Å². The first-order valence-corrected chi connectivity index (χ1v) is 3.97. The minimum absolute atomic E-state index is 0.0243. The Morgan fingerprint density at radius 1 is 1.64 bits per heavy atom. The quantitative estimate of drug-likeness (QED) is 0.659. The average Bonchev–Trinajstić information content (AvgIpc) is 2.39. The maximum atomic E-state index is 9.16. The van der Waals surface area contributed by atoms with Crippen molar-refractivity contribution in [2.45, 2.75) is 24.7 Å². The predicted molar refractivity (Wildman–Crippen MR) is 41.2 cm³/mol. The number of aromatic amines is 1. The van der Waals surface area contributed by atoms with Gasteiger partial charge in [0.15, 0.2) is 0 Å². The van der Waals surface area contributed by atoms with E-state index in [2.05, 4.69) is 9.97 Å². The van der Waals surface area contributed by atoms with Gasteiger partial charge in [-0.15, -0.1) is 0 Å². The third-order valence-electron chi connectivity index (χ3n) is 2.68. The highest BCUT2D eigenvalue weighted by Gasteiger charge is 2.39. The number of nitrogens with one attached hydrogen (secondary N) is 1. The Morgan fingerprint density at radius 3 is 2.82 bits per heavy atom. The number of hydrogen-bond donors (Lipinski definition) is 2. The van der Waals surface area contributed by atoms with E-state index in [1.807, 2.05) is 6.20 Å². The summed E-state index contributed by atoms with van der Waals surface area (Å²) in [6.45, 7) is 0.245. The molecule has 3 heteroatoms. The molecule has 1 fully saturated rings. The molecule has 2 rings (SSSR count). The van der Waals surface area contributed by atoms with Crippen LogP contribution in [0.3, 0.4) is 0 Å². The summed E-state index contributed by atoms with van der Waals surface area (Å²) >= 11 is 0. The Hall–Kier alpha value is -0.830. The van der Waals surface area contributed by atoms with Crippen LogP contribution in [0, 0.1) is 0 Å². The molecule has 60 valence electrons. The van der Waals surface area contributed by atoms with E-state index < -0.39 is 0 Å². The van der Waals surface area contributed by atoms with Gasteiger partial charge in [-0.3, -0.25) is 0 Å². The lowest BCUT2D eigenvalue weighted by molar-refractivity contribution is 0.117. The zero-order valence-corrected chi connectivity index (χ0v) is 6.38. The van der Waals surface area contributed by atoms with Gasteiger partial charge in [0.05, 0.1) is 12.9 Å². The highest BCUT2D eigenvalue weighted by Crippen LogP contribution is 2.41. The Kier molecular flexibility index (Phi) is 1.46. The van der Waals surface area contributed by atoms with E-state index >= 15 is 0 Å². The summed E-state index contributed by atoms with van der Waals surface area (Å²) in [5.41, 5.74) is 1.11. The lowest BCUT2D eigenvalue weighted by Crippen LogP contribution is -2.38. The summed E-state index contributed by atoms with van der Waals surface area (Å²) < 4.78 is 0. The fraction of sp³-hybridized carbons (Fsp3) is 0.625. The van der Waals surface area contributed by atoms with Crippen LogP contribution in [0.15, 0.2) is 12.5 Å². The standard InChI is InChI=1S/C8H12N2O/c11-5-8(2-1-3-8)7-4-9-6-10-7/h4,6,11H,1-3,5H2,(H,9,10). The maximum absolute atomic E-state index is 9.16. The van der Waals surface area contributed by atoms with Crippen molar-refractivity contribution in [3.05, 3.63) is 18.2 Å². The van der Waals surface area contributed by atoms with Crippen molar-refractivity contribution in [2.75, 3.05) is 6.61 Å². The minimum Gasteiger partial charge on any atom is -0.395 e. The fourth-order valence-corrected chi connectivity index (χ4v) is 1.66. The summed E-state index contributed by atoms with van der Waals surface area (Å²) in [7, 11) is 0. The second-order valence-electron chi connectivity index (χ2n) is 3.26. The van der Waals surface area contributed by atoms with E-state index in [0.717, 1.165) is 18.5 Å². The molecule has 1 heterocycles. The van der Waals surface area contributed by atoms with Crippen LogP contribution in [0.25, 0.3) is 0 Å². The number of aromatic nitrogens is 2. The minimum atomic E-state index is 0.0243. The van der Waals surface area contributed by atoms with Gasteiger partial charge in [-0.2, -0.15) is 0 Å². The Balaban J connectivity index is 2.25. The molecule has 1 aromatic rings. The second kappa shape index (κ2) is 2.34. The molecule has 0 saturated heterocycles. The Morgan fingerprint density at radius 2 is 2.45 bits per heavy atom. The van der Waals surface area contributed by atoms with Gasteiger partial charge < -0.3 is 10.1 Å². The second-order valence-corrected chi connectivity index (χ2v) is 3.26. The molecule has 3 nitrogen and oxygen atoms in total. The van der Waals surface area contributed by atoms with Gasteiger partial charge in [-0.05, 0) is 12.8 Å². The van der Waals surface area contributed by atoms with E-state index in [1.165, 1.54) is 6.42 Å². The molecule has 1 saturated carbocycles. The van der Waals surface area contributed by atoms with Crippen LogP contribution < -0.4 is 0 Å². The molecule has 1 aliphatic rings. The molecule has 11 heavy (non-hydrogen) atoms. The van der Waals surface area contributed by atoms with Crippen molar-refractivity contribution in [3.8, 4) is 0 Å². The maximum Gasteiger partial charge on any atom is 0.0921 e. The largest absolute Gasteiger partial charge is 0.395 e. The molecule has 0 aromatic carbocycles. The molecule has 0 unspecified atom stereocenters. The van der Waals surface area contributed by atoms with Crippen LogP contribution in [0.5, 0.6) is 0 Å². The molecule has 0 bridgehead atoms. The monoisotopic (exact) mass is 152 g/mol. The SMILES string of the molecule is OCC1(c2cnc[nH]2)CCC1. The number of imidazole rings is 1. The van der Waals surface area contributed by atoms with Gasteiger partial charge in [-0.1, -0.05) is 6.42 Å². The molecular formula is C8H12N2O. The van der Waals surface area contributed by atoms with E-state index in [-0.39, 0.29) is 12.0 Å². The van der Waals surface area contributed by atoms with E-state index in [4.69, 9.17) is 5.11 Å². The van der Waals surface area contributed by atoms with Crippen molar-refractivity contribution >= 4 is 0 Å². The van der Waals surface area contributed by atoms with Crippen LogP contribution in [0.1, 0.15) is 25.0 Å². The van der Waals surface area contributed by atoms with Crippen LogP contribution in [-0.4, -0.2) is 21.7 Å². The summed E-state index contributed by atoms with van der Waals surface area (Å²) in [6.07, 6.45) is 6.89. The normalized spacial score (nSPS) is 21.2. The summed E-state index contributed by atoms with van der Waals surface area (Å²) in [5, 5.41) is 9.16. The first kappa shape index (κ1) is 6.85. The van der Waals surface area contributed by atoms with Crippen molar-refractivity contribution in [2.24, 2.45) is 0 Å². The van der Waals surface area contributed by atoms with Crippen LogP contribution in [0.2, 0.25) is 0 Å². The van der Waals surface area contributed by atoms with Crippen LogP contribution in [0.4, 0.5) is 0 Å². The third kappa shape index (κ3) is 0.878. The van der Waals surface area contributed by atoms with Crippen LogP contribution in [-0.2, 0) is 5.41 Å². The highest BCUT2D eigenvalue weighted by molar-refractivity contribution is 5.17. The molecule has 0 spiro atoms. The highest BCUT2D eigenvalue weighted by atomic mass is 16.3. The van der Waals surface area contributed by atoms with Gasteiger partial charge in [0, 0.05) is 17.3 Å². The summed E-state index contributed by atoms with van der Waals surface area (Å²) in [6, 6.07) is 0. The van der Waals surface area contributed by atoms with Crippen LogP contribution >= 0.6 is 0 Å². The molecule has 1 aliphatic carbocycles. The first-order chi connectivity index (χ1) is 5.37. The number of nitrogens with zero attached hydrogens (tertiary/aromatic N) is 1. The lowest BCUT2D eigenvalue weighted by atomic mass is 9.67. The lowest BCUT2D eigenvalue weighted by Gasteiger charge is -2.39. The molecule has 0 radical (unpaired) electrons. The summed E-state index contributed by atoms with van der Waals surface area (Å²) in [4.78, 5) is 7.01. The predicted octanol–water partition coefficient (Wildman–Crippen LogP) is 0.824.